The summed E-state index contributed by atoms with van der Waals surface area (Å²) in [5.41, 5.74) is 6.81. The second-order valence-corrected chi connectivity index (χ2v) is 5.61. The minimum absolute atomic E-state index is 0.375. The molecule has 6 heteroatoms. The number of anilines is 1. The van der Waals surface area contributed by atoms with Crippen LogP contribution in [0.4, 0.5) is 5.69 Å². The number of nitrogens with two attached hydrogens (primary N) is 1. The zero-order chi connectivity index (χ0) is 18.8. The summed E-state index contributed by atoms with van der Waals surface area (Å²) in [6, 6.07) is 12.3. The van der Waals surface area contributed by atoms with E-state index in [1.54, 1.807) is 25.3 Å². The summed E-state index contributed by atoms with van der Waals surface area (Å²) in [4.78, 5) is 11.9. The van der Waals surface area contributed by atoms with Crippen LogP contribution >= 0.6 is 0 Å². The Labute approximate surface area is 153 Å². The lowest BCUT2D eigenvalue weighted by molar-refractivity contribution is 0.0504. The van der Waals surface area contributed by atoms with Gasteiger partial charge in [-0.05, 0) is 48.9 Å². The fraction of sp³-hybridized carbons (Fsp3) is 0.350. The second-order valence-electron chi connectivity index (χ2n) is 5.61. The fourth-order valence-electron chi connectivity index (χ4n) is 2.17. The molecule has 6 nitrogen and oxygen atoms in total. The molecule has 2 aromatic carbocycles. The average molecular weight is 359 g/mol. The Balaban J connectivity index is 1.78. The largest absolute Gasteiger partial charge is 0.497 e. The van der Waals surface area contributed by atoms with Crippen LogP contribution in [-0.4, -0.2) is 32.9 Å². The Hall–Kier alpha value is -2.89. The molecule has 26 heavy (non-hydrogen) atoms. The lowest BCUT2D eigenvalue weighted by atomic mass is 10.2. The summed E-state index contributed by atoms with van der Waals surface area (Å²) in [5.74, 6) is 1.65. The van der Waals surface area contributed by atoms with Crippen LogP contribution in [0.15, 0.2) is 42.5 Å². The van der Waals surface area contributed by atoms with Crippen LogP contribution in [0.25, 0.3) is 0 Å². The van der Waals surface area contributed by atoms with Crippen molar-refractivity contribution >= 4 is 11.7 Å². The summed E-state index contributed by atoms with van der Waals surface area (Å²) in [6.45, 7) is 3.26. The minimum atomic E-state index is -0.375. The smallest absolute Gasteiger partial charge is 0.338 e. The van der Waals surface area contributed by atoms with E-state index < -0.39 is 0 Å². The van der Waals surface area contributed by atoms with Crippen molar-refractivity contribution in [1.29, 1.82) is 0 Å². The van der Waals surface area contributed by atoms with Crippen molar-refractivity contribution in [1.82, 2.24) is 0 Å². The van der Waals surface area contributed by atoms with E-state index in [-0.39, 0.29) is 5.97 Å². The van der Waals surface area contributed by atoms with Crippen molar-refractivity contribution in [3.63, 3.8) is 0 Å². The number of benzene rings is 2. The van der Waals surface area contributed by atoms with Crippen molar-refractivity contribution in [2.45, 2.75) is 19.8 Å². The third-order valence-corrected chi connectivity index (χ3v) is 3.56. The van der Waals surface area contributed by atoms with Crippen molar-refractivity contribution in [3.8, 4) is 17.2 Å². The van der Waals surface area contributed by atoms with Crippen LogP contribution in [0.1, 0.15) is 30.1 Å². The molecule has 0 aliphatic rings. The van der Waals surface area contributed by atoms with E-state index in [2.05, 4.69) is 0 Å². The van der Waals surface area contributed by atoms with Gasteiger partial charge in [0, 0.05) is 6.42 Å². The molecule has 0 fully saturated rings. The minimum Gasteiger partial charge on any atom is -0.497 e. The molecule has 140 valence electrons. The molecule has 0 radical (unpaired) electrons. The van der Waals surface area contributed by atoms with Crippen LogP contribution in [0.3, 0.4) is 0 Å². The number of esters is 1. The maximum Gasteiger partial charge on any atom is 0.338 e. The molecule has 2 rings (SSSR count). The van der Waals surface area contributed by atoms with E-state index >= 15 is 0 Å². The number of nitrogen functional groups attached to an aromatic ring is 1. The van der Waals surface area contributed by atoms with Crippen LogP contribution in [0, 0.1) is 0 Å². The molecule has 0 saturated carbocycles. The predicted octanol–water partition coefficient (Wildman–Crippen LogP) is 3.69. The molecule has 0 aromatic heterocycles. The first-order chi connectivity index (χ1) is 12.6. The topological polar surface area (TPSA) is 80.0 Å². The highest BCUT2D eigenvalue weighted by molar-refractivity contribution is 5.90. The van der Waals surface area contributed by atoms with Crippen molar-refractivity contribution in [2.75, 3.05) is 32.7 Å². The summed E-state index contributed by atoms with van der Waals surface area (Å²) >= 11 is 0. The number of hydrogen-bond donors (Lipinski definition) is 1. The molecule has 0 aliphatic heterocycles. The normalized spacial score (nSPS) is 10.2. The highest BCUT2D eigenvalue weighted by Crippen LogP contribution is 2.23. The quantitative estimate of drug-likeness (QED) is 0.396. The van der Waals surface area contributed by atoms with Gasteiger partial charge in [0.2, 0.25) is 0 Å². The maximum absolute atomic E-state index is 11.9. The summed E-state index contributed by atoms with van der Waals surface area (Å²) < 4.78 is 21.5. The molecule has 0 amide bonds. The number of ether oxygens (including phenoxy) is 4. The average Bonchev–Trinajstić information content (AvgIpc) is 2.67. The van der Waals surface area contributed by atoms with Crippen LogP contribution < -0.4 is 19.9 Å². The van der Waals surface area contributed by atoms with Crippen molar-refractivity contribution < 1.29 is 23.7 Å². The van der Waals surface area contributed by atoms with Gasteiger partial charge < -0.3 is 24.7 Å². The van der Waals surface area contributed by atoms with E-state index in [4.69, 9.17) is 24.7 Å². The zero-order valence-corrected chi connectivity index (χ0v) is 15.2. The van der Waals surface area contributed by atoms with E-state index in [1.807, 2.05) is 31.2 Å². The highest BCUT2D eigenvalue weighted by Gasteiger charge is 2.10. The zero-order valence-electron chi connectivity index (χ0n) is 15.2. The van der Waals surface area contributed by atoms with Gasteiger partial charge in [0.25, 0.3) is 0 Å². The van der Waals surface area contributed by atoms with E-state index in [9.17, 15) is 4.79 Å². The fourth-order valence-corrected chi connectivity index (χ4v) is 2.17. The number of hydrogen-bond acceptors (Lipinski definition) is 6. The summed E-state index contributed by atoms with van der Waals surface area (Å²) in [5, 5.41) is 0. The van der Waals surface area contributed by atoms with Crippen LogP contribution in [0.2, 0.25) is 0 Å². The maximum atomic E-state index is 11.9. The lowest BCUT2D eigenvalue weighted by Crippen LogP contribution is -2.09. The van der Waals surface area contributed by atoms with Gasteiger partial charge in [-0.25, -0.2) is 4.79 Å². The molecular formula is C20H25NO5. The van der Waals surface area contributed by atoms with Crippen LogP contribution in [-0.2, 0) is 4.74 Å². The molecule has 0 atom stereocenters. The number of rotatable bonds is 10. The van der Waals surface area contributed by atoms with Crippen LogP contribution in [0.5, 0.6) is 17.2 Å². The van der Waals surface area contributed by atoms with Gasteiger partial charge in [0.15, 0.2) is 0 Å². The molecule has 0 spiro atoms. The summed E-state index contributed by atoms with van der Waals surface area (Å²) in [7, 11) is 1.62. The van der Waals surface area contributed by atoms with Gasteiger partial charge in [-0.1, -0.05) is 6.92 Å². The number of carbonyl (C=O) groups excluding carboxylic acids is 1. The molecule has 0 heterocycles. The van der Waals surface area contributed by atoms with Crippen molar-refractivity contribution in [3.05, 3.63) is 48.0 Å². The molecule has 2 aromatic rings. The molecule has 0 saturated heterocycles. The standard InChI is InChI=1S/C20H25NO5/c1-3-11-26-20(22)15-5-10-18(21)19(14-15)25-13-4-12-24-17-8-6-16(23-2)7-9-17/h5-10,14H,3-4,11-13,21H2,1-2H3. The Kier molecular flexibility index (Phi) is 7.61. The molecule has 0 bridgehead atoms. The number of carbonyl (C=O) groups is 1. The third-order valence-electron chi connectivity index (χ3n) is 3.56. The summed E-state index contributed by atoms with van der Waals surface area (Å²) in [6.07, 6.45) is 1.45. The Morgan fingerprint density at radius 3 is 2.35 bits per heavy atom. The van der Waals surface area contributed by atoms with Gasteiger partial charge >= 0.3 is 5.97 Å². The first-order valence-corrected chi connectivity index (χ1v) is 8.60. The van der Waals surface area contributed by atoms with E-state index in [0.717, 1.165) is 17.9 Å². The first-order valence-electron chi connectivity index (χ1n) is 8.60. The number of methoxy groups -OCH3 is 1. The van der Waals surface area contributed by atoms with Gasteiger partial charge in [0.05, 0.1) is 38.2 Å². The molecular weight excluding hydrogens is 334 g/mol. The molecule has 0 unspecified atom stereocenters. The molecule has 0 aliphatic carbocycles. The Bertz CT molecular complexity index is 700. The van der Waals surface area contributed by atoms with Gasteiger partial charge in [-0.3, -0.25) is 0 Å². The van der Waals surface area contributed by atoms with Crippen molar-refractivity contribution in [2.24, 2.45) is 0 Å². The van der Waals surface area contributed by atoms with Gasteiger partial charge in [-0.15, -0.1) is 0 Å². The monoisotopic (exact) mass is 359 g/mol. The SMILES string of the molecule is CCCOC(=O)c1ccc(N)c(OCCCOc2ccc(OC)cc2)c1. The van der Waals surface area contributed by atoms with E-state index in [0.29, 0.717) is 43.2 Å². The van der Waals surface area contributed by atoms with E-state index in [1.165, 1.54) is 0 Å². The van der Waals surface area contributed by atoms with Gasteiger partial charge in [-0.2, -0.15) is 0 Å². The first kappa shape index (κ1) is 19.4. The second kappa shape index (κ2) is 10.2. The van der Waals surface area contributed by atoms with Gasteiger partial charge in [0.1, 0.15) is 17.2 Å². The predicted molar refractivity (Wildman–Crippen MR) is 100 cm³/mol. The highest BCUT2D eigenvalue weighted by atomic mass is 16.5. The Morgan fingerprint density at radius 1 is 0.962 bits per heavy atom. The molecule has 2 N–H and O–H groups in total. The lowest BCUT2D eigenvalue weighted by Gasteiger charge is -2.11. The Morgan fingerprint density at radius 2 is 1.65 bits per heavy atom. The third kappa shape index (κ3) is 5.88.